The van der Waals surface area contributed by atoms with E-state index >= 15 is 0 Å². The van der Waals surface area contributed by atoms with Gasteiger partial charge in [0, 0.05) is 17.1 Å². The van der Waals surface area contributed by atoms with Gasteiger partial charge in [-0.1, -0.05) is 48.5 Å². The SMILES string of the molecule is O=C(N[C@@H]1c2ccccc2-c2c(-c3nc4ccncc4[nH]3)cccc21)c1cccc2[nH]ncc12. The zero-order valence-corrected chi connectivity index (χ0v) is 17.9. The Morgan fingerprint density at radius 2 is 1.71 bits per heavy atom. The van der Waals surface area contributed by atoms with Crippen LogP contribution in [0.5, 0.6) is 0 Å². The minimum Gasteiger partial charge on any atom is -0.341 e. The van der Waals surface area contributed by atoms with Crippen molar-refractivity contribution in [1.29, 1.82) is 0 Å². The number of fused-ring (bicyclic) bond motifs is 5. The molecule has 0 saturated heterocycles. The Labute approximate surface area is 193 Å². The molecular weight excluding hydrogens is 424 g/mol. The molecule has 1 amide bonds. The molecule has 6 aromatic rings. The summed E-state index contributed by atoms with van der Waals surface area (Å²) < 4.78 is 0. The van der Waals surface area contributed by atoms with Gasteiger partial charge < -0.3 is 10.3 Å². The number of carbonyl (C=O) groups is 1. The van der Waals surface area contributed by atoms with E-state index in [0.717, 1.165) is 55.6 Å². The molecule has 34 heavy (non-hydrogen) atoms. The highest BCUT2D eigenvalue weighted by atomic mass is 16.1. The second-order valence-corrected chi connectivity index (χ2v) is 8.38. The Morgan fingerprint density at radius 3 is 2.65 bits per heavy atom. The number of rotatable bonds is 3. The molecule has 7 rings (SSSR count). The number of nitrogens with one attached hydrogen (secondary N) is 3. The van der Waals surface area contributed by atoms with Crippen LogP contribution in [0, 0.1) is 0 Å². The summed E-state index contributed by atoms with van der Waals surface area (Å²) in [6, 6.07) is 21.6. The molecule has 0 aliphatic heterocycles. The summed E-state index contributed by atoms with van der Waals surface area (Å²) in [7, 11) is 0. The molecule has 1 aliphatic carbocycles. The number of aromatic nitrogens is 5. The summed E-state index contributed by atoms with van der Waals surface area (Å²) in [6.45, 7) is 0. The summed E-state index contributed by atoms with van der Waals surface area (Å²) in [5.41, 5.74) is 8.47. The molecule has 3 heterocycles. The van der Waals surface area contributed by atoms with Gasteiger partial charge in [0.15, 0.2) is 0 Å². The topological polar surface area (TPSA) is 99.4 Å². The summed E-state index contributed by atoms with van der Waals surface area (Å²) >= 11 is 0. The van der Waals surface area contributed by atoms with Gasteiger partial charge in [-0.25, -0.2) is 4.98 Å². The number of hydrogen-bond donors (Lipinski definition) is 3. The third-order valence-electron chi connectivity index (χ3n) is 6.49. The monoisotopic (exact) mass is 442 g/mol. The van der Waals surface area contributed by atoms with Crippen LogP contribution in [0.3, 0.4) is 0 Å². The smallest absolute Gasteiger partial charge is 0.252 e. The quantitative estimate of drug-likeness (QED) is 0.359. The largest absolute Gasteiger partial charge is 0.341 e. The van der Waals surface area contributed by atoms with E-state index in [0.29, 0.717) is 5.56 Å². The molecule has 0 spiro atoms. The van der Waals surface area contributed by atoms with Crippen LogP contribution in [0.2, 0.25) is 0 Å². The molecule has 7 nitrogen and oxygen atoms in total. The van der Waals surface area contributed by atoms with Crippen molar-refractivity contribution < 1.29 is 4.79 Å². The maximum absolute atomic E-state index is 13.4. The number of imidazole rings is 1. The van der Waals surface area contributed by atoms with Crippen molar-refractivity contribution in [3.8, 4) is 22.5 Å². The zero-order chi connectivity index (χ0) is 22.6. The Kier molecular flexibility index (Phi) is 3.92. The number of hydrogen-bond acceptors (Lipinski definition) is 4. The fourth-order valence-electron chi connectivity index (χ4n) is 4.97. The normalized spacial score (nSPS) is 14.3. The van der Waals surface area contributed by atoms with Gasteiger partial charge in [-0.2, -0.15) is 5.10 Å². The van der Waals surface area contributed by atoms with Crippen LogP contribution in [-0.2, 0) is 0 Å². The molecule has 0 bridgehead atoms. The lowest BCUT2D eigenvalue weighted by atomic mass is 9.98. The fourth-order valence-corrected chi connectivity index (χ4v) is 4.97. The van der Waals surface area contributed by atoms with E-state index in [1.54, 1.807) is 18.6 Å². The number of benzene rings is 3. The summed E-state index contributed by atoms with van der Waals surface area (Å²) in [5.74, 6) is 0.643. The van der Waals surface area contributed by atoms with Crippen molar-refractivity contribution in [1.82, 2.24) is 30.5 Å². The lowest BCUT2D eigenvalue weighted by Crippen LogP contribution is -2.28. The maximum atomic E-state index is 13.4. The third-order valence-corrected chi connectivity index (χ3v) is 6.49. The highest BCUT2D eigenvalue weighted by Gasteiger charge is 2.32. The average molecular weight is 442 g/mol. The van der Waals surface area contributed by atoms with Crippen molar-refractivity contribution in [2.45, 2.75) is 6.04 Å². The fraction of sp³-hybridized carbons (Fsp3) is 0.0370. The van der Waals surface area contributed by atoms with E-state index in [-0.39, 0.29) is 11.9 Å². The van der Waals surface area contributed by atoms with E-state index < -0.39 is 0 Å². The van der Waals surface area contributed by atoms with Gasteiger partial charge >= 0.3 is 0 Å². The van der Waals surface area contributed by atoms with Crippen LogP contribution in [0.1, 0.15) is 27.5 Å². The summed E-state index contributed by atoms with van der Waals surface area (Å²) in [4.78, 5) is 25.8. The average Bonchev–Trinajstić information content (AvgIpc) is 3.60. The standard InChI is InChI=1S/C27H18N6O/c34-27(17-7-4-10-21-20(17)13-29-33-21)32-25-16-6-2-1-5-15(16)24-18(25)8-3-9-19(24)26-30-22-11-12-28-14-23(22)31-26/h1-14,25H,(H,29,33)(H,30,31)(H,32,34)/t25-/m1/s1. The van der Waals surface area contributed by atoms with E-state index in [1.807, 2.05) is 42.5 Å². The van der Waals surface area contributed by atoms with Crippen LogP contribution in [-0.4, -0.2) is 31.1 Å². The summed E-state index contributed by atoms with van der Waals surface area (Å²) in [6.07, 6.45) is 5.21. The van der Waals surface area contributed by atoms with Crippen LogP contribution in [0.15, 0.2) is 85.3 Å². The van der Waals surface area contributed by atoms with Gasteiger partial charge in [-0.15, -0.1) is 0 Å². The van der Waals surface area contributed by atoms with E-state index in [4.69, 9.17) is 4.98 Å². The van der Waals surface area contributed by atoms with Gasteiger partial charge in [0.1, 0.15) is 5.82 Å². The number of carbonyl (C=O) groups excluding carboxylic acids is 1. The van der Waals surface area contributed by atoms with Gasteiger partial charge in [0.25, 0.3) is 5.91 Å². The Balaban J connectivity index is 1.36. The van der Waals surface area contributed by atoms with E-state index in [9.17, 15) is 4.79 Å². The Bertz CT molecular complexity index is 1700. The molecule has 0 radical (unpaired) electrons. The molecule has 1 aliphatic rings. The van der Waals surface area contributed by atoms with Crippen LogP contribution < -0.4 is 5.32 Å². The van der Waals surface area contributed by atoms with Crippen LogP contribution in [0.25, 0.3) is 44.5 Å². The minimum absolute atomic E-state index is 0.139. The highest BCUT2D eigenvalue weighted by molar-refractivity contribution is 6.06. The van der Waals surface area contributed by atoms with E-state index in [2.05, 4.69) is 49.7 Å². The first-order valence-electron chi connectivity index (χ1n) is 11.0. The van der Waals surface area contributed by atoms with Crippen LogP contribution >= 0.6 is 0 Å². The van der Waals surface area contributed by atoms with Crippen LogP contribution in [0.4, 0.5) is 0 Å². The molecule has 3 N–H and O–H groups in total. The molecule has 0 unspecified atom stereocenters. The predicted molar refractivity (Wildman–Crippen MR) is 130 cm³/mol. The lowest BCUT2D eigenvalue weighted by Gasteiger charge is -2.16. The molecule has 162 valence electrons. The molecule has 3 aromatic heterocycles. The van der Waals surface area contributed by atoms with Crippen molar-refractivity contribution in [2.24, 2.45) is 0 Å². The van der Waals surface area contributed by atoms with Gasteiger partial charge in [-0.05, 0) is 40.5 Å². The Morgan fingerprint density at radius 1 is 0.853 bits per heavy atom. The predicted octanol–water partition coefficient (Wildman–Crippen LogP) is 5.00. The molecule has 1 atom stereocenters. The second-order valence-electron chi connectivity index (χ2n) is 8.38. The lowest BCUT2D eigenvalue weighted by molar-refractivity contribution is 0.0945. The second kappa shape index (κ2) is 7.11. The molecule has 0 fully saturated rings. The first kappa shape index (κ1) is 18.8. The van der Waals surface area contributed by atoms with E-state index in [1.165, 1.54) is 0 Å². The number of amides is 1. The minimum atomic E-state index is -0.271. The molecular formula is C27H18N6O. The Hall–Kier alpha value is -4.78. The zero-order valence-electron chi connectivity index (χ0n) is 17.9. The van der Waals surface area contributed by atoms with Crippen molar-refractivity contribution in [2.75, 3.05) is 0 Å². The molecule has 7 heteroatoms. The number of aromatic amines is 2. The van der Waals surface area contributed by atoms with Crippen molar-refractivity contribution >= 4 is 27.8 Å². The summed E-state index contributed by atoms with van der Waals surface area (Å²) in [5, 5.41) is 11.1. The van der Waals surface area contributed by atoms with Gasteiger partial charge in [0.2, 0.25) is 0 Å². The first-order valence-corrected chi connectivity index (χ1v) is 11.0. The number of H-pyrrole nitrogens is 2. The molecule has 3 aromatic carbocycles. The molecule has 0 saturated carbocycles. The first-order chi connectivity index (χ1) is 16.8. The van der Waals surface area contributed by atoms with Crippen molar-refractivity contribution in [3.05, 3.63) is 102 Å². The third kappa shape index (κ3) is 2.70. The number of pyridine rings is 1. The maximum Gasteiger partial charge on any atom is 0.252 e. The van der Waals surface area contributed by atoms with Gasteiger partial charge in [-0.3, -0.25) is 14.9 Å². The highest BCUT2D eigenvalue weighted by Crippen LogP contribution is 2.47. The van der Waals surface area contributed by atoms with Crippen molar-refractivity contribution in [3.63, 3.8) is 0 Å². The number of nitrogens with zero attached hydrogens (tertiary/aromatic N) is 3. The van der Waals surface area contributed by atoms with Gasteiger partial charge in [0.05, 0.1) is 40.5 Å².